The van der Waals surface area contributed by atoms with Crippen LogP contribution in [0.25, 0.3) is 0 Å². The lowest BCUT2D eigenvalue weighted by molar-refractivity contribution is 0.558. The molecule has 90 valence electrons. The van der Waals surface area contributed by atoms with Gasteiger partial charge in [0.1, 0.15) is 5.82 Å². The van der Waals surface area contributed by atoms with E-state index in [-0.39, 0.29) is 5.82 Å². The van der Waals surface area contributed by atoms with E-state index in [0.29, 0.717) is 12.5 Å². The Bertz CT molecular complexity index is 339. The summed E-state index contributed by atoms with van der Waals surface area (Å²) in [5.74, 6) is 0.392. The van der Waals surface area contributed by atoms with E-state index in [4.69, 9.17) is 5.73 Å². The van der Waals surface area contributed by atoms with Crippen molar-refractivity contribution in [3.05, 3.63) is 29.6 Å². The Morgan fingerprint density at radius 1 is 1.38 bits per heavy atom. The molecule has 0 saturated heterocycles. The molecule has 0 aliphatic carbocycles. The van der Waals surface area contributed by atoms with E-state index in [9.17, 15) is 4.39 Å². The third-order valence-corrected chi connectivity index (χ3v) is 2.90. The van der Waals surface area contributed by atoms with Gasteiger partial charge in [0.2, 0.25) is 0 Å². The molecular weight excluding hydrogens is 203 g/mol. The second-order valence-electron chi connectivity index (χ2n) is 4.42. The zero-order valence-corrected chi connectivity index (χ0v) is 10.3. The molecule has 1 unspecified atom stereocenters. The van der Waals surface area contributed by atoms with Crippen molar-refractivity contribution >= 4 is 5.69 Å². The Morgan fingerprint density at radius 2 is 2.06 bits per heavy atom. The first-order valence-corrected chi connectivity index (χ1v) is 5.77. The number of nitrogens with two attached hydrogens (primary N) is 1. The summed E-state index contributed by atoms with van der Waals surface area (Å²) < 4.78 is 13.3. The molecule has 0 spiro atoms. The summed E-state index contributed by atoms with van der Waals surface area (Å²) in [5, 5.41) is 0. The Kier molecular flexibility index (Phi) is 4.74. The molecule has 0 radical (unpaired) electrons. The number of rotatable bonds is 5. The number of anilines is 1. The average molecular weight is 224 g/mol. The minimum atomic E-state index is -0.214. The molecule has 1 aromatic carbocycles. The lowest BCUT2D eigenvalue weighted by Crippen LogP contribution is -2.23. The highest BCUT2D eigenvalue weighted by Gasteiger charge is 2.07. The summed E-state index contributed by atoms with van der Waals surface area (Å²) in [6.45, 7) is 5.67. The van der Waals surface area contributed by atoms with E-state index in [0.717, 1.165) is 24.2 Å². The third kappa shape index (κ3) is 3.49. The third-order valence-electron chi connectivity index (χ3n) is 2.90. The van der Waals surface area contributed by atoms with Crippen LogP contribution in [0.3, 0.4) is 0 Å². The monoisotopic (exact) mass is 224 g/mol. The van der Waals surface area contributed by atoms with E-state index in [1.807, 2.05) is 13.1 Å². The number of benzene rings is 1. The van der Waals surface area contributed by atoms with Crippen LogP contribution in [0, 0.1) is 11.7 Å². The summed E-state index contributed by atoms with van der Waals surface area (Å²) in [7, 11) is 1.99. The van der Waals surface area contributed by atoms with Gasteiger partial charge in [-0.3, -0.25) is 0 Å². The molecule has 3 heteroatoms. The number of nitrogens with zero attached hydrogens (tertiary/aromatic N) is 1. The van der Waals surface area contributed by atoms with Gasteiger partial charge in [-0.1, -0.05) is 20.3 Å². The molecule has 0 heterocycles. The number of hydrogen-bond donors (Lipinski definition) is 1. The minimum absolute atomic E-state index is 0.214. The molecule has 0 aliphatic rings. The molecule has 16 heavy (non-hydrogen) atoms. The SMILES string of the molecule is CCC(C)CN(C)c1cc(F)cc(CN)c1. The largest absolute Gasteiger partial charge is 0.374 e. The Labute approximate surface area is 97.3 Å². The highest BCUT2D eigenvalue weighted by molar-refractivity contribution is 5.48. The first-order chi connectivity index (χ1) is 7.56. The summed E-state index contributed by atoms with van der Waals surface area (Å²) in [6, 6.07) is 4.99. The second-order valence-corrected chi connectivity index (χ2v) is 4.42. The number of halogens is 1. The van der Waals surface area contributed by atoms with Crippen molar-refractivity contribution in [3.63, 3.8) is 0 Å². The molecule has 0 aliphatic heterocycles. The Hall–Kier alpha value is -1.09. The summed E-state index contributed by atoms with van der Waals surface area (Å²) in [5.41, 5.74) is 7.27. The molecule has 2 nitrogen and oxygen atoms in total. The van der Waals surface area contributed by atoms with Crippen LogP contribution >= 0.6 is 0 Å². The molecule has 0 bridgehead atoms. The molecule has 1 atom stereocenters. The van der Waals surface area contributed by atoms with Gasteiger partial charge in [-0.15, -0.1) is 0 Å². The average Bonchev–Trinajstić information content (AvgIpc) is 2.27. The molecule has 0 aromatic heterocycles. The van der Waals surface area contributed by atoms with Crippen LogP contribution in [-0.4, -0.2) is 13.6 Å². The summed E-state index contributed by atoms with van der Waals surface area (Å²) >= 11 is 0. The van der Waals surface area contributed by atoms with Crippen LogP contribution < -0.4 is 10.6 Å². The van der Waals surface area contributed by atoms with Gasteiger partial charge in [0.25, 0.3) is 0 Å². The van der Waals surface area contributed by atoms with Crippen molar-refractivity contribution in [2.75, 3.05) is 18.5 Å². The molecule has 1 aromatic rings. The van der Waals surface area contributed by atoms with Gasteiger partial charge in [0.15, 0.2) is 0 Å². The lowest BCUT2D eigenvalue weighted by Gasteiger charge is -2.23. The van der Waals surface area contributed by atoms with Crippen molar-refractivity contribution in [1.29, 1.82) is 0 Å². The van der Waals surface area contributed by atoms with Crippen LogP contribution in [0.15, 0.2) is 18.2 Å². The highest BCUT2D eigenvalue weighted by Crippen LogP contribution is 2.19. The molecule has 0 saturated carbocycles. The van der Waals surface area contributed by atoms with E-state index in [1.165, 1.54) is 6.07 Å². The summed E-state index contributed by atoms with van der Waals surface area (Å²) in [6.07, 6.45) is 1.13. The van der Waals surface area contributed by atoms with Crippen LogP contribution in [0.1, 0.15) is 25.8 Å². The van der Waals surface area contributed by atoms with Crippen LogP contribution in [-0.2, 0) is 6.54 Å². The van der Waals surface area contributed by atoms with Crippen molar-refractivity contribution in [3.8, 4) is 0 Å². The Balaban J connectivity index is 2.82. The van der Waals surface area contributed by atoms with Crippen LogP contribution in [0.2, 0.25) is 0 Å². The first-order valence-electron chi connectivity index (χ1n) is 5.77. The minimum Gasteiger partial charge on any atom is -0.374 e. The topological polar surface area (TPSA) is 29.3 Å². The predicted octanol–water partition coefficient (Wildman–Crippen LogP) is 2.77. The fourth-order valence-corrected chi connectivity index (χ4v) is 1.67. The standard InChI is InChI=1S/C13H21FN2/c1-4-10(2)9-16(3)13-6-11(8-15)5-12(14)7-13/h5-7,10H,4,8-9,15H2,1-3H3. The van der Waals surface area contributed by atoms with Crippen molar-refractivity contribution < 1.29 is 4.39 Å². The maximum absolute atomic E-state index is 13.3. The number of hydrogen-bond acceptors (Lipinski definition) is 2. The molecule has 1 rings (SSSR count). The molecule has 0 fully saturated rings. The fourth-order valence-electron chi connectivity index (χ4n) is 1.67. The smallest absolute Gasteiger partial charge is 0.125 e. The van der Waals surface area contributed by atoms with E-state index >= 15 is 0 Å². The van der Waals surface area contributed by atoms with Gasteiger partial charge in [-0.25, -0.2) is 4.39 Å². The maximum Gasteiger partial charge on any atom is 0.125 e. The highest BCUT2D eigenvalue weighted by atomic mass is 19.1. The van der Waals surface area contributed by atoms with Gasteiger partial charge in [0, 0.05) is 25.8 Å². The van der Waals surface area contributed by atoms with Crippen molar-refractivity contribution in [2.24, 2.45) is 11.7 Å². The summed E-state index contributed by atoms with van der Waals surface area (Å²) in [4.78, 5) is 2.08. The maximum atomic E-state index is 13.3. The zero-order valence-electron chi connectivity index (χ0n) is 10.3. The van der Waals surface area contributed by atoms with Gasteiger partial charge in [0.05, 0.1) is 0 Å². The molecule has 0 amide bonds. The first kappa shape index (κ1) is 13.0. The van der Waals surface area contributed by atoms with Gasteiger partial charge in [-0.2, -0.15) is 0 Å². The fraction of sp³-hybridized carbons (Fsp3) is 0.538. The Morgan fingerprint density at radius 3 is 2.62 bits per heavy atom. The predicted molar refractivity (Wildman–Crippen MR) is 67.0 cm³/mol. The van der Waals surface area contributed by atoms with Crippen molar-refractivity contribution in [2.45, 2.75) is 26.8 Å². The van der Waals surface area contributed by atoms with Gasteiger partial charge in [-0.05, 0) is 29.7 Å². The van der Waals surface area contributed by atoms with Crippen LogP contribution in [0.4, 0.5) is 10.1 Å². The lowest BCUT2D eigenvalue weighted by atomic mass is 10.1. The van der Waals surface area contributed by atoms with Gasteiger partial charge < -0.3 is 10.6 Å². The van der Waals surface area contributed by atoms with E-state index < -0.39 is 0 Å². The molecule has 2 N–H and O–H groups in total. The van der Waals surface area contributed by atoms with E-state index in [1.54, 1.807) is 6.07 Å². The molecular formula is C13H21FN2. The van der Waals surface area contributed by atoms with Gasteiger partial charge >= 0.3 is 0 Å². The normalized spacial score (nSPS) is 12.6. The van der Waals surface area contributed by atoms with E-state index in [2.05, 4.69) is 18.7 Å². The zero-order chi connectivity index (χ0) is 12.1. The van der Waals surface area contributed by atoms with Crippen molar-refractivity contribution in [1.82, 2.24) is 0 Å². The second kappa shape index (κ2) is 5.85. The van der Waals surface area contributed by atoms with Crippen LogP contribution in [0.5, 0.6) is 0 Å². The quantitative estimate of drug-likeness (QED) is 0.833.